The van der Waals surface area contributed by atoms with Crippen LogP contribution >= 0.6 is 23.2 Å². The fraction of sp³-hybridized carbons (Fsp3) is 0.600. The first-order valence-electron chi connectivity index (χ1n) is 9.47. The van der Waals surface area contributed by atoms with Gasteiger partial charge in [-0.1, -0.05) is 23.2 Å². The number of carbonyl (C=O) groups excluding carboxylic acids is 2. The van der Waals surface area contributed by atoms with Gasteiger partial charge in [0.15, 0.2) is 0 Å². The van der Waals surface area contributed by atoms with Crippen molar-refractivity contribution in [2.45, 2.75) is 44.9 Å². The first kappa shape index (κ1) is 18.1. The minimum Gasteiger partial charge on any atom is -0.355 e. The second-order valence-electron chi connectivity index (χ2n) is 8.38. The van der Waals surface area contributed by atoms with Crippen LogP contribution in [0, 0.1) is 23.2 Å². The maximum Gasteiger partial charge on any atom is 0.226 e. The summed E-state index contributed by atoms with van der Waals surface area (Å²) in [6, 6.07) is 4.95. The van der Waals surface area contributed by atoms with Crippen molar-refractivity contribution in [3.63, 3.8) is 0 Å². The van der Waals surface area contributed by atoms with Crippen molar-refractivity contribution >= 4 is 40.7 Å². The zero-order valence-corrected chi connectivity index (χ0v) is 16.2. The molecule has 1 aromatic rings. The van der Waals surface area contributed by atoms with E-state index in [9.17, 15) is 9.59 Å². The van der Waals surface area contributed by atoms with Crippen LogP contribution < -0.4 is 10.6 Å². The molecule has 4 aliphatic carbocycles. The van der Waals surface area contributed by atoms with Gasteiger partial charge in [0.1, 0.15) is 0 Å². The predicted octanol–water partition coefficient (Wildman–Crippen LogP) is 4.65. The number of rotatable bonds is 5. The lowest BCUT2D eigenvalue weighted by Crippen LogP contribution is -2.53. The third-order valence-electron chi connectivity index (χ3n) is 6.36. The van der Waals surface area contributed by atoms with Crippen LogP contribution in [0.25, 0.3) is 0 Å². The Morgan fingerprint density at radius 2 is 1.65 bits per heavy atom. The van der Waals surface area contributed by atoms with E-state index in [0.717, 1.165) is 37.0 Å². The Kier molecular flexibility index (Phi) is 4.91. The van der Waals surface area contributed by atoms with E-state index in [1.807, 2.05) is 0 Å². The summed E-state index contributed by atoms with van der Waals surface area (Å²) in [6.07, 6.45) is 7.30. The van der Waals surface area contributed by atoms with Gasteiger partial charge in [0.05, 0.1) is 10.7 Å². The third-order valence-corrected chi connectivity index (χ3v) is 6.91. The van der Waals surface area contributed by atoms with Crippen LogP contribution in [-0.2, 0) is 9.59 Å². The van der Waals surface area contributed by atoms with Gasteiger partial charge in [0, 0.05) is 23.4 Å². The van der Waals surface area contributed by atoms with Gasteiger partial charge in [-0.3, -0.25) is 9.59 Å². The molecule has 4 bridgehead atoms. The maximum absolute atomic E-state index is 12.8. The largest absolute Gasteiger partial charge is 0.355 e. The molecule has 140 valence electrons. The summed E-state index contributed by atoms with van der Waals surface area (Å²) in [7, 11) is 0. The molecule has 0 saturated heterocycles. The van der Waals surface area contributed by atoms with Crippen LogP contribution in [0.3, 0.4) is 0 Å². The Labute approximate surface area is 164 Å². The highest BCUT2D eigenvalue weighted by Gasteiger charge is 2.54. The van der Waals surface area contributed by atoms with E-state index >= 15 is 0 Å². The van der Waals surface area contributed by atoms with Crippen LogP contribution in [0.5, 0.6) is 0 Å². The highest BCUT2D eigenvalue weighted by molar-refractivity contribution is 6.36. The zero-order chi connectivity index (χ0) is 18.3. The number of amides is 2. The number of nitrogens with one attached hydrogen (secondary N) is 2. The normalized spacial score (nSPS) is 31.7. The van der Waals surface area contributed by atoms with Gasteiger partial charge in [-0.25, -0.2) is 0 Å². The number of anilines is 1. The molecule has 2 N–H and O–H groups in total. The lowest BCUT2D eigenvalue weighted by molar-refractivity contribution is -0.146. The average Bonchev–Trinajstić information content (AvgIpc) is 2.56. The summed E-state index contributed by atoms with van der Waals surface area (Å²) in [5.74, 6) is 2.21. The number of carbonyl (C=O) groups is 2. The monoisotopic (exact) mass is 394 g/mol. The van der Waals surface area contributed by atoms with Crippen LogP contribution in [0.4, 0.5) is 5.69 Å². The predicted molar refractivity (Wildman–Crippen MR) is 103 cm³/mol. The van der Waals surface area contributed by atoms with Crippen molar-refractivity contribution in [1.82, 2.24) is 5.32 Å². The summed E-state index contributed by atoms with van der Waals surface area (Å²) in [5, 5.41) is 6.72. The molecule has 4 aliphatic rings. The number of benzene rings is 1. The number of hydrogen-bond acceptors (Lipinski definition) is 2. The Morgan fingerprint density at radius 3 is 2.23 bits per heavy atom. The van der Waals surface area contributed by atoms with Gasteiger partial charge in [0.2, 0.25) is 11.8 Å². The fourth-order valence-corrected chi connectivity index (χ4v) is 6.13. The molecule has 6 heteroatoms. The van der Waals surface area contributed by atoms with Crippen LogP contribution in [0.15, 0.2) is 18.2 Å². The Bertz CT molecular complexity index is 699. The molecule has 0 heterocycles. The van der Waals surface area contributed by atoms with Crippen LogP contribution in [-0.4, -0.2) is 18.4 Å². The van der Waals surface area contributed by atoms with E-state index < -0.39 is 0 Å². The highest BCUT2D eigenvalue weighted by Crippen LogP contribution is 2.60. The number of hydrogen-bond donors (Lipinski definition) is 2. The standard InChI is InChI=1S/C20H24Cl2N2O2/c21-15-1-2-17(16(22)8-15)24-18(25)3-4-23-19(26)20-9-12-5-13(10-20)7-14(6-12)11-20/h1-2,8,12-14H,3-7,9-11H2,(H,23,26)(H,24,25). The molecular weight excluding hydrogens is 371 g/mol. The molecule has 2 amide bonds. The molecule has 0 aromatic heterocycles. The lowest BCUT2D eigenvalue weighted by atomic mass is 9.49. The summed E-state index contributed by atoms with van der Waals surface area (Å²) in [6.45, 7) is 0.359. The Morgan fingerprint density at radius 1 is 1.04 bits per heavy atom. The minimum atomic E-state index is -0.167. The molecule has 1 aromatic carbocycles. The summed E-state index contributed by atoms with van der Waals surface area (Å²) < 4.78 is 0. The van der Waals surface area contributed by atoms with E-state index in [1.165, 1.54) is 19.3 Å². The van der Waals surface area contributed by atoms with E-state index in [2.05, 4.69) is 10.6 Å². The third kappa shape index (κ3) is 3.59. The Balaban J connectivity index is 1.28. The maximum atomic E-state index is 12.8. The van der Waals surface area contributed by atoms with Gasteiger partial charge in [-0.15, -0.1) is 0 Å². The number of halogens is 2. The van der Waals surface area contributed by atoms with Crippen molar-refractivity contribution in [1.29, 1.82) is 0 Å². The molecule has 0 unspecified atom stereocenters. The second kappa shape index (κ2) is 7.05. The zero-order valence-electron chi connectivity index (χ0n) is 14.7. The molecule has 0 atom stereocenters. The topological polar surface area (TPSA) is 58.2 Å². The van der Waals surface area contributed by atoms with Crippen molar-refractivity contribution in [3.05, 3.63) is 28.2 Å². The van der Waals surface area contributed by atoms with Gasteiger partial charge >= 0.3 is 0 Å². The van der Waals surface area contributed by atoms with Gasteiger partial charge in [0.25, 0.3) is 0 Å². The average molecular weight is 395 g/mol. The smallest absolute Gasteiger partial charge is 0.226 e. The highest BCUT2D eigenvalue weighted by atomic mass is 35.5. The lowest BCUT2D eigenvalue weighted by Gasteiger charge is -2.55. The van der Waals surface area contributed by atoms with Crippen LogP contribution in [0.1, 0.15) is 44.9 Å². The van der Waals surface area contributed by atoms with Gasteiger partial charge in [-0.2, -0.15) is 0 Å². The molecule has 0 spiro atoms. The second-order valence-corrected chi connectivity index (χ2v) is 9.22. The van der Waals surface area contributed by atoms with Crippen LogP contribution in [0.2, 0.25) is 10.0 Å². The van der Waals surface area contributed by atoms with E-state index in [4.69, 9.17) is 23.2 Å². The first-order chi connectivity index (χ1) is 12.4. The fourth-order valence-electron chi connectivity index (χ4n) is 5.67. The minimum absolute atomic E-state index is 0.161. The summed E-state index contributed by atoms with van der Waals surface area (Å²) in [5.41, 5.74) is 0.374. The van der Waals surface area contributed by atoms with Crippen molar-refractivity contribution < 1.29 is 9.59 Å². The SMILES string of the molecule is O=C(CCNC(=O)C12CC3CC(CC(C3)C1)C2)Nc1ccc(Cl)cc1Cl. The molecule has 4 nitrogen and oxygen atoms in total. The van der Waals surface area contributed by atoms with Crippen molar-refractivity contribution in [3.8, 4) is 0 Å². The molecule has 0 radical (unpaired) electrons. The molecule has 26 heavy (non-hydrogen) atoms. The van der Waals surface area contributed by atoms with Crippen molar-refractivity contribution in [2.24, 2.45) is 23.2 Å². The van der Waals surface area contributed by atoms with E-state index in [1.54, 1.807) is 18.2 Å². The van der Waals surface area contributed by atoms with E-state index in [-0.39, 0.29) is 23.7 Å². The molecule has 4 fully saturated rings. The summed E-state index contributed by atoms with van der Waals surface area (Å²) in [4.78, 5) is 25.0. The molecule has 5 rings (SSSR count). The van der Waals surface area contributed by atoms with E-state index in [0.29, 0.717) is 22.3 Å². The van der Waals surface area contributed by atoms with Gasteiger partial charge in [-0.05, 0) is 74.5 Å². The summed E-state index contributed by atoms with van der Waals surface area (Å²) >= 11 is 11.9. The quantitative estimate of drug-likeness (QED) is 0.762. The molecule has 4 saturated carbocycles. The molecular formula is C20H24Cl2N2O2. The van der Waals surface area contributed by atoms with Crippen molar-refractivity contribution in [2.75, 3.05) is 11.9 Å². The van der Waals surface area contributed by atoms with Gasteiger partial charge < -0.3 is 10.6 Å². The first-order valence-corrected chi connectivity index (χ1v) is 10.2. The Hall–Kier alpha value is -1.26. The molecule has 0 aliphatic heterocycles.